The number of hydrogen-bond donors (Lipinski definition) is 2. The van der Waals surface area contributed by atoms with Crippen LogP contribution in [0.3, 0.4) is 0 Å². The number of likely N-dealkylation sites (tertiary alicyclic amines) is 1. The van der Waals surface area contributed by atoms with Gasteiger partial charge in [0.15, 0.2) is 5.96 Å². The number of halogens is 2. The van der Waals surface area contributed by atoms with Crippen molar-refractivity contribution in [2.75, 3.05) is 34.2 Å². The third-order valence-corrected chi connectivity index (χ3v) is 4.88. The maximum atomic E-state index is 13.9. The number of hydrogen-bond acceptors (Lipinski definition) is 3. The molecule has 1 aromatic rings. The highest BCUT2D eigenvalue weighted by molar-refractivity contribution is 14.0. The summed E-state index contributed by atoms with van der Waals surface area (Å²) < 4.78 is 13.9. The SMILES string of the molecule is CN=C(NCc1ccc(F)c(CN(C)C)c1)NC1CCN(C(C)C)CC1.I. The molecule has 27 heavy (non-hydrogen) atoms. The fourth-order valence-electron chi connectivity index (χ4n) is 3.33. The van der Waals surface area contributed by atoms with Crippen molar-refractivity contribution in [3.05, 3.63) is 35.1 Å². The minimum Gasteiger partial charge on any atom is -0.354 e. The summed E-state index contributed by atoms with van der Waals surface area (Å²) in [7, 11) is 5.68. The lowest BCUT2D eigenvalue weighted by Gasteiger charge is -2.35. The smallest absolute Gasteiger partial charge is 0.191 e. The molecule has 0 amide bonds. The molecule has 0 atom stereocenters. The fraction of sp³-hybridized carbons (Fsp3) is 0.650. The normalized spacial score (nSPS) is 16.5. The molecule has 2 N–H and O–H groups in total. The first-order valence-electron chi connectivity index (χ1n) is 9.52. The second-order valence-corrected chi connectivity index (χ2v) is 7.64. The van der Waals surface area contributed by atoms with E-state index in [1.807, 2.05) is 31.1 Å². The summed E-state index contributed by atoms with van der Waals surface area (Å²) in [6, 6.07) is 6.37. The van der Waals surface area contributed by atoms with Crippen molar-refractivity contribution in [1.29, 1.82) is 0 Å². The topological polar surface area (TPSA) is 42.9 Å². The summed E-state index contributed by atoms with van der Waals surface area (Å²) in [5, 5.41) is 6.88. The first-order valence-corrected chi connectivity index (χ1v) is 9.52. The molecule has 1 saturated heterocycles. The molecule has 1 heterocycles. The molecule has 0 saturated carbocycles. The molecule has 1 aromatic carbocycles. The lowest BCUT2D eigenvalue weighted by atomic mass is 10.0. The molecule has 0 aromatic heterocycles. The quantitative estimate of drug-likeness (QED) is 0.365. The van der Waals surface area contributed by atoms with Gasteiger partial charge in [-0.2, -0.15) is 0 Å². The van der Waals surface area contributed by atoms with Crippen molar-refractivity contribution < 1.29 is 4.39 Å². The second-order valence-electron chi connectivity index (χ2n) is 7.64. The molecule has 2 rings (SSSR count). The molecule has 0 bridgehead atoms. The molecule has 1 aliphatic heterocycles. The third-order valence-electron chi connectivity index (χ3n) is 4.88. The van der Waals surface area contributed by atoms with Gasteiger partial charge in [-0.05, 0) is 58.5 Å². The van der Waals surface area contributed by atoms with Crippen LogP contribution in [0.15, 0.2) is 23.2 Å². The van der Waals surface area contributed by atoms with Crippen molar-refractivity contribution in [2.24, 2.45) is 4.99 Å². The van der Waals surface area contributed by atoms with E-state index in [1.54, 1.807) is 13.1 Å². The monoisotopic (exact) mass is 491 g/mol. The van der Waals surface area contributed by atoms with Crippen molar-refractivity contribution in [3.63, 3.8) is 0 Å². The zero-order valence-electron chi connectivity index (χ0n) is 17.3. The molecule has 5 nitrogen and oxygen atoms in total. The average molecular weight is 491 g/mol. The summed E-state index contributed by atoms with van der Waals surface area (Å²) in [4.78, 5) is 8.82. The zero-order chi connectivity index (χ0) is 19.1. The van der Waals surface area contributed by atoms with E-state index in [2.05, 4.69) is 34.4 Å². The largest absolute Gasteiger partial charge is 0.354 e. The molecule has 154 valence electrons. The van der Waals surface area contributed by atoms with Crippen LogP contribution >= 0.6 is 24.0 Å². The maximum Gasteiger partial charge on any atom is 0.191 e. The molecule has 0 spiro atoms. The summed E-state index contributed by atoms with van der Waals surface area (Å²) >= 11 is 0. The number of guanidine groups is 1. The predicted molar refractivity (Wildman–Crippen MR) is 122 cm³/mol. The van der Waals surface area contributed by atoms with Gasteiger partial charge < -0.3 is 20.4 Å². The molecule has 0 unspecified atom stereocenters. The molecule has 7 heteroatoms. The average Bonchev–Trinajstić information content (AvgIpc) is 2.61. The van der Waals surface area contributed by atoms with Crippen LogP contribution in [0.5, 0.6) is 0 Å². The van der Waals surface area contributed by atoms with E-state index in [9.17, 15) is 4.39 Å². The number of rotatable bonds is 6. The highest BCUT2D eigenvalue weighted by Crippen LogP contribution is 2.14. The Morgan fingerprint density at radius 2 is 1.96 bits per heavy atom. The Hall–Kier alpha value is -0.930. The Kier molecular flexibility index (Phi) is 10.5. The van der Waals surface area contributed by atoms with Gasteiger partial charge in [0.2, 0.25) is 0 Å². The number of nitrogens with zero attached hydrogens (tertiary/aromatic N) is 3. The van der Waals surface area contributed by atoms with Gasteiger partial charge >= 0.3 is 0 Å². The lowest BCUT2D eigenvalue weighted by Crippen LogP contribution is -2.49. The van der Waals surface area contributed by atoms with Crippen LogP contribution in [0, 0.1) is 5.82 Å². The van der Waals surface area contributed by atoms with Gasteiger partial charge in [0.05, 0.1) is 0 Å². The van der Waals surface area contributed by atoms with E-state index in [4.69, 9.17) is 0 Å². The van der Waals surface area contributed by atoms with Crippen LogP contribution in [0.2, 0.25) is 0 Å². The van der Waals surface area contributed by atoms with Gasteiger partial charge in [0.1, 0.15) is 5.82 Å². The molecule has 0 radical (unpaired) electrons. The van der Waals surface area contributed by atoms with Gasteiger partial charge in [0.25, 0.3) is 0 Å². The van der Waals surface area contributed by atoms with E-state index < -0.39 is 0 Å². The maximum absolute atomic E-state index is 13.9. The third kappa shape index (κ3) is 7.91. The molecule has 0 aliphatic carbocycles. The van der Waals surface area contributed by atoms with E-state index >= 15 is 0 Å². The van der Waals surface area contributed by atoms with E-state index in [-0.39, 0.29) is 29.8 Å². The number of aliphatic imine (C=N–C) groups is 1. The van der Waals surface area contributed by atoms with Gasteiger partial charge in [-0.25, -0.2) is 4.39 Å². The van der Waals surface area contributed by atoms with Crippen LogP contribution in [0.4, 0.5) is 4.39 Å². The highest BCUT2D eigenvalue weighted by atomic mass is 127. The summed E-state index contributed by atoms with van der Waals surface area (Å²) in [6.45, 7) is 7.98. The van der Waals surface area contributed by atoms with Gasteiger partial charge in [-0.1, -0.05) is 6.07 Å². The summed E-state index contributed by atoms with van der Waals surface area (Å²) in [5.74, 6) is 0.661. The van der Waals surface area contributed by atoms with Crippen molar-refractivity contribution in [1.82, 2.24) is 20.4 Å². The molecule has 1 aliphatic rings. The van der Waals surface area contributed by atoms with Gasteiger partial charge in [-0.3, -0.25) is 4.99 Å². The van der Waals surface area contributed by atoms with Crippen molar-refractivity contribution in [3.8, 4) is 0 Å². The minimum absolute atomic E-state index is 0. The zero-order valence-corrected chi connectivity index (χ0v) is 19.6. The Balaban J connectivity index is 0.00000364. The Bertz CT molecular complexity index is 598. The Labute approximate surface area is 180 Å². The number of nitrogens with one attached hydrogen (secondary N) is 2. The van der Waals surface area contributed by atoms with Crippen LogP contribution in [0.25, 0.3) is 0 Å². The summed E-state index contributed by atoms with van der Waals surface area (Å²) in [6.07, 6.45) is 2.25. The van der Waals surface area contributed by atoms with Crippen LogP contribution in [-0.2, 0) is 13.1 Å². The molecular formula is C20H35FIN5. The van der Waals surface area contributed by atoms with Crippen LogP contribution in [0.1, 0.15) is 37.8 Å². The fourth-order valence-corrected chi connectivity index (χ4v) is 3.33. The predicted octanol–water partition coefficient (Wildman–Crippen LogP) is 3.04. The molecular weight excluding hydrogens is 456 g/mol. The Morgan fingerprint density at radius 3 is 2.52 bits per heavy atom. The number of benzene rings is 1. The van der Waals surface area contributed by atoms with Gasteiger partial charge in [-0.15, -0.1) is 24.0 Å². The highest BCUT2D eigenvalue weighted by Gasteiger charge is 2.21. The van der Waals surface area contributed by atoms with Crippen molar-refractivity contribution in [2.45, 2.75) is 51.9 Å². The van der Waals surface area contributed by atoms with E-state index in [0.29, 0.717) is 25.2 Å². The van der Waals surface area contributed by atoms with Crippen LogP contribution < -0.4 is 10.6 Å². The first-order chi connectivity index (χ1) is 12.4. The van der Waals surface area contributed by atoms with Gasteiger partial charge in [0, 0.05) is 50.9 Å². The minimum atomic E-state index is -0.151. The standard InChI is InChI=1S/C20H34FN5.HI/c1-15(2)26-10-8-18(9-11-26)24-20(22-3)23-13-16-6-7-19(21)17(12-16)14-25(4)5;/h6-7,12,15,18H,8-11,13-14H2,1-5H3,(H2,22,23,24);1H. The Morgan fingerprint density at radius 1 is 1.30 bits per heavy atom. The molecule has 1 fully saturated rings. The van der Waals surface area contributed by atoms with Crippen LogP contribution in [-0.4, -0.2) is 62.1 Å². The second kappa shape index (κ2) is 11.8. The number of piperidine rings is 1. The lowest BCUT2D eigenvalue weighted by molar-refractivity contribution is 0.167. The van der Waals surface area contributed by atoms with E-state index in [1.165, 1.54) is 0 Å². The van der Waals surface area contributed by atoms with E-state index in [0.717, 1.165) is 43.0 Å². The van der Waals surface area contributed by atoms with Crippen molar-refractivity contribution >= 4 is 29.9 Å². The summed E-state index contributed by atoms with van der Waals surface area (Å²) in [5.41, 5.74) is 1.78. The first kappa shape index (κ1) is 24.1.